The number of benzene rings is 1. The predicted octanol–water partition coefficient (Wildman–Crippen LogP) is 3.65. The van der Waals surface area contributed by atoms with Gasteiger partial charge >= 0.3 is 0 Å². The molecule has 70 valence electrons. The summed E-state index contributed by atoms with van der Waals surface area (Å²) >= 11 is 0. The molecule has 0 bridgehead atoms. The summed E-state index contributed by atoms with van der Waals surface area (Å²) < 4.78 is 0. The van der Waals surface area contributed by atoms with E-state index < -0.39 is 0 Å². The van der Waals surface area contributed by atoms with Crippen LogP contribution in [0.3, 0.4) is 0 Å². The van der Waals surface area contributed by atoms with Crippen LogP contribution in [0.5, 0.6) is 0 Å². The van der Waals surface area contributed by atoms with Gasteiger partial charge in [0.15, 0.2) is 0 Å². The molecule has 1 aromatic rings. The van der Waals surface area contributed by atoms with Gasteiger partial charge in [0, 0.05) is 5.57 Å². The van der Waals surface area contributed by atoms with E-state index in [1.807, 2.05) is 6.07 Å². The lowest BCUT2D eigenvalue weighted by atomic mass is 9.88. The van der Waals surface area contributed by atoms with Crippen LogP contribution in [0.25, 0.3) is 5.57 Å². The van der Waals surface area contributed by atoms with Crippen LogP contribution in [0.4, 0.5) is 0 Å². The van der Waals surface area contributed by atoms with Crippen molar-refractivity contribution in [2.45, 2.75) is 25.7 Å². The van der Waals surface area contributed by atoms with Crippen LogP contribution in [0, 0.1) is 12.3 Å². The van der Waals surface area contributed by atoms with Crippen molar-refractivity contribution in [2.24, 2.45) is 0 Å². The predicted molar refractivity (Wildman–Crippen MR) is 60.7 cm³/mol. The first-order valence-corrected chi connectivity index (χ1v) is 5.16. The van der Waals surface area contributed by atoms with Gasteiger partial charge in [-0.25, -0.2) is 0 Å². The molecule has 0 heteroatoms. The van der Waals surface area contributed by atoms with Gasteiger partial charge in [0.2, 0.25) is 0 Å². The molecule has 0 N–H and O–H groups in total. The third-order valence-corrected chi connectivity index (χ3v) is 2.76. The highest BCUT2D eigenvalue weighted by molar-refractivity contribution is 5.72. The molecule has 0 heterocycles. The Morgan fingerprint density at radius 3 is 2.43 bits per heavy atom. The van der Waals surface area contributed by atoms with Gasteiger partial charge in [-0.05, 0) is 36.8 Å². The molecule has 0 atom stereocenters. The average Bonchev–Trinajstić information content (AvgIpc) is 2.30. The summed E-state index contributed by atoms with van der Waals surface area (Å²) in [6.07, 6.45) is 10.3. The maximum atomic E-state index is 5.52. The molecule has 0 nitrogen and oxygen atoms in total. The lowest BCUT2D eigenvalue weighted by Crippen LogP contribution is -1.97. The van der Waals surface area contributed by atoms with Crippen molar-refractivity contribution in [1.82, 2.24) is 0 Å². The zero-order chi connectivity index (χ0) is 9.80. The molecule has 0 spiro atoms. The Kier molecular flexibility index (Phi) is 2.70. The lowest BCUT2D eigenvalue weighted by Gasteiger charge is -2.16. The van der Waals surface area contributed by atoms with Crippen LogP contribution in [0.2, 0.25) is 0 Å². The standard InChI is InChI=1S/C14H14/c1-2-12-8-6-7-11-14(12)13-9-4-3-5-10-13/h1,3-5,9-10H,6-8,11H2. The van der Waals surface area contributed by atoms with Gasteiger partial charge in [0.25, 0.3) is 0 Å². The number of rotatable bonds is 1. The third-order valence-electron chi connectivity index (χ3n) is 2.76. The van der Waals surface area contributed by atoms with Gasteiger partial charge in [0.1, 0.15) is 0 Å². The molecule has 14 heavy (non-hydrogen) atoms. The zero-order valence-electron chi connectivity index (χ0n) is 8.29. The first kappa shape index (κ1) is 9.09. The Morgan fingerprint density at radius 1 is 1.00 bits per heavy atom. The normalized spacial score (nSPS) is 16.5. The number of allylic oxidation sites excluding steroid dienone is 2. The monoisotopic (exact) mass is 182 g/mol. The fraction of sp³-hybridized carbons (Fsp3) is 0.286. The second-order valence-corrected chi connectivity index (χ2v) is 3.67. The minimum atomic E-state index is 1.08. The summed E-state index contributed by atoms with van der Waals surface area (Å²) in [5.74, 6) is 2.83. The van der Waals surface area contributed by atoms with Crippen molar-refractivity contribution in [3.63, 3.8) is 0 Å². The second-order valence-electron chi connectivity index (χ2n) is 3.67. The molecule has 1 aromatic carbocycles. The lowest BCUT2D eigenvalue weighted by molar-refractivity contribution is 0.727. The van der Waals surface area contributed by atoms with Crippen molar-refractivity contribution >= 4 is 5.57 Å². The van der Waals surface area contributed by atoms with Gasteiger partial charge in [0.05, 0.1) is 0 Å². The molecule has 0 saturated heterocycles. The van der Waals surface area contributed by atoms with Gasteiger partial charge in [-0.3, -0.25) is 0 Å². The average molecular weight is 182 g/mol. The topological polar surface area (TPSA) is 0 Å². The van der Waals surface area contributed by atoms with Gasteiger partial charge in [-0.1, -0.05) is 36.3 Å². The highest BCUT2D eigenvalue weighted by Crippen LogP contribution is 2.31. The van der Waals surface area contributed by atoms with Crippen molar-refractivity contribution in [3.05, 3.63) is 41.5 Å². The van der Waals surface area contributed by atoms with Crippen LogP contribution < -0.4 is 0 Å². The van der Waals surface area contributed by atoms with Gasteiger partial charge in [-0.2, -0.15) is 0 Å². The molecule has 1 aliphatic carbocycles. The minimum Gasteiger partial charge on any atom is -0.115 e. The van der Waals surface area contributed by atoms with E-state index in [-0.39, 0.29) is 0 Å². The van der Waals surface area contributed by atoms with E-state index in [1.165, 1.54) is 29.6 Å². The van der Waals surface area contributed by atoms with Crippen molar-refractivity contribution in [2.75, 3.05) is 0 Å². The second kappa shape index (κ2) is 4.15. The molecular formula is C14H14. The Labute approximate surface area is 85.7 Å². The van der Waals surface area contributed by atoms with Crippen molar-refractivity contribution in [3.8, 4) is 12.3 Å². The Balaban J connectivity index is 2.42. The SMILES string of the molecule is C#CC1=C(c2ccccc2)CCCC1. The third kappa shape index (κ3) is 1.72. The maximum Gasteiger partial charge on any atom is 0.00555 e. The van der Waals surface area contributed by atoms with E-state index in [0.29, 0.717) is 0 Å². The summed E-state index contributed by atoms with van der Waals surface area (Å²) in [5.41, 5.74) is 3.90. The summed E-state index contributed by atoms with van der Waals surface area (Å²) in [6.45, 7) is 0. The number of hydrogen-bond donors (Lipinski definition) is 0. The summed E-state index contributed by atoms with van der Waals surface area (Å²) in [7, 11) is 0. The van der Waals surface area contributed by atoms with Crippen LogP contribution in [0.15, 0.2) is 35.9 Å². The molecule has 0 aliphatic heterocycles. The van der Waals surface area contributed by atoms with E-state index in [1.54, 1.807) is 0 Å². The number of hydrogen-bond acceptors (Lipinski definition) is 0. The molecule has 2 rings (SSSR count). The van der Waals surface area contributed by atoms with Crippen LogP contribution >= 0.6 is 0 Å². The van der Waals surface area contributed by atoms with Gasteiger partial charge in [-0.15, -0.1) is 6.42 Å². The molecule has 0 saturated carbocycles. The van der Waals surface area contributed by atoms with Crippen LogP contribution in [-0.4, -0.2) is 0 Å². The molecule has 0 aromatic heterocycles. The number of terminal acetylenes is 1. The maximum absolute atomic E-state index is 5.52. The smallest absolute Gasteiger partial charge is 0.00555 e. The Hall–Kier alpha value is -1.48. The highest BCUT2D eigenvalue weighted by atomic mass is 14.2. The summed E-state index contributed by atoms with van der Waals surface area (Å²) in [4.78, 5) is 0. The molecular weight excluding hydrogens is 168 g/mol. The van der Waals surface area contributed by atoms with Crippen molar-refractivity contribution in [1.29, 1.82) is 0 Å². The highest BCUT2D eigenvalue weighted by Gasteiger charge is 2.11. The molecule has 1 aliphatic rings. The summed E-state index contributed by atoms with van der Waals surface area (Å²) in [5, 5.41) is 0. The molecule has 0 radical (unpaired) electrons. The zero-order valence-corrected chi connectivity index (χ0v) is 8.29. The first-order chi connectivity index (χ1) is 6.92. The van der Waals surface area contributed by atoms with E-state index in [4.69, 9.17) is 6.42 Å². The largest absolute Gasteiger partial charge is 0.115 e. The van der Waals surface area contributed by atoms with E-state index in [0.717, 1.165) is 12.8 Å². The summed E-state index contributed by atoms with van der Waals surface area (Å²) in [6, 6.07) is 10.5. The van der Waals surface area contributed by atoms with E-state index >= 15 is 0 Å². The fourth-order valence-corrected chi connectivity index (χ4v) is 2.02. The van der Waals surface area contributed by atoms with E-state index in [2.05, 4.69) is 30.2 Å². The van der Waals surface area contributed by atoms with Crippen molar-refractivity contribution < 1.29 is 0 Å². The fourth-order valence-electron chi connectivity index (χ4n) is 2.02. The molecule has 0 unspecified atom stereocenters. The molecule has 0 amide bonds. The van der Waals surface area contributed by atoms with Gasteiger partial charge < -0.3 is 0 Å². The minimum absolute atomic E-state index is 1.08. The van der Waals surface area contributed by atoms with Crippen LogP contribution in [-0.2, 0) is 0 Å². The molecule has 0 fully saturated rings. The quantitative estimate of drug-likeness (QED) is 0.581. The Morgan fingerprint density at radius 2 is 1.71 bits per heavy atom. The first-order valence-electron chi connectivity index (χ1n) is 5.16. The van der Waals surface area contributed by atoms with E-state index in [9.17, 15) is 0 Å². The Bertz CT molecular complexity index is 376. The van der Waals surface area contributed by atoms with Crippen LogP contribution in [0.1, 0.15) is 31.2 Å².